The lowest BCUT2D eigenvalue weighted by molar-refractivity contribution is 0.894. The Morgan fingerprint density at radius 2 is 1.86 bits per heavy atom. The second-order valence-electron chi connectivity index (χ2n) is 2.69. The molecule has 0 radical (unpaired) electrons. The Hall–Kier alpha value is -2.17. The fourth-order valence-corrected chi connectivity index (χ4v) is 1.13. The summed E-state index contributed by atoms with van der Waals surface area (Å²) in [5.74, 6) is 0. The summed E-state index contributed by atoms with van der Waals surface area (Å²) in [5, 5.41) is 0. The molecule has 0 bridgehead atoms. The van der Waals surface area contributed by atoms with E-state index in [0.29, 0.717) is 5.69 Å². The van der Waals surface area contributed by atoms with Crippen LogP contribution in [-0.4, -0.2) is 14.5 Å². The first kappa shape index (κ1) is 8.43. The average Bonchev–Trinajstić information content (AvgIpc) is 2.19. The van der Waals surface area contributed by atoms with Crippen LogP contribution in [0.1, 0.15) is 0 Å². The Morgan fingerprint density at radius 3 is 2.50 bits per heavy atom. The number of rotatable bonds is 1. The zero-order valence-electron chi connectivity index (χ0n) is 7.18. The predicted octanol–water partition coefficient (Wildman–Crippen LogP) is -0.0792. The quantitative estimate of drug-likeness (QED) is 0.682. The van der Waals surface area contributed by atoms with Gasteiger partial charge < -0.3 is 0 Å². The van der Waals surface area contributed by atoms with Crippen molar-refractivity contribution >= 4 is 0 Å². The molecule has 0 saturated carbocycles. The Labute approximate surface area is 78.7 Å². The molecule has 2 aromatic rings. The number of nitrogens with one attached hydrogen (secondary N) is 1. The van der Waals surface area contributed by atoms with Crippen LogP contribution in [0.3, 0.4) is 0 Å². The van der Waals surface area contributed by atoms with Gasteiger partial charge in [-0.25, -0.2) is 4.79 Å². The molecule has 70 valence electrons. The minimum Gasteiger partial charge on any atom is -0.274 e. The highest BCUT2D eigenvalue weighted by molar-refractivity contribution is 5.27. The van der Waals surface area contributed by atoms with Crippen LogP contribution in [0.15, 0.2) is 46.4 Å². The molecule has 5 heteroatoms. The van der Waals surface area contributed by atoms with E-state index in [2.05, 4.69) is 9.97 Å². The lowest BCUT2D eigenvalue weighted by atomic mass is 10.4. The van der Waals surface area contributed by atoms with Crippen molar-refractivity contribution in [3.05, 3.63) is 57.6 Å². The molecule has 2 aromatic heterocycles. The number of aromatic amines is 1. The van der Waals surface area contributed by atoms with Crippen molar-refractivity contribution in [1.82, 2.24) is 14.5 Å². The molecular weight excluding hydrogens is 182 g/mol. The van der Waals surface area contributed by atoms with Crippen molar-refractivity contribution in [2.75, 3.05) is 0 Å². The maximum Gasteiger partial charge on any atom is 0.332 e. The molecule has 0 aliphatic heterocycles. The second kappa shape index (κ2) is 3.29. The summed E-state index contributed by atoms with van der Waals surface area (Å²) in [4.78, 5) is 28.1. The third kappa shape index (κ3) is 1.47. The number of hydrogen-bond donors (Lipinski definition) is 1. The molecular formula is C9H7N3O2. The minimum absolute atomic E-state index is 0.402. The predicted molar refractivity (Wildman–Crippen MR) is 50.5 cm³/mol. The number of aromatic nitrogens is 3. The van der Waals surface area contributed by atoms with Crippen LogP contribution in [-0.2, 0) is 0 Å². The van der Waals surface area contributed by atoms with Crippen LogP contribution in [0.25, 0.3) is 5.69 Å². The van der Waals surface area contributed by atoms with Gasteiger partial charge in [0.2, 0.25) is 0 Å². The van der Waals surface area contributed by atoms with E-state index in [1.165, 1.54) is 16.8 Å². The molecule has 0 aromatic carbocycles. The van der Waals surface area contributed by atoms with E-state index in [9.17, 15) is 9.59 Å². The monoisotopic (exact) mass is 189 g/mol. The SMILES string of the molecule is O=c1ccn(-c2ccncc2)c(=O)[nH]1. The van der Waals surface area contributed by atoms with Crippen LogP contribution < -0.4 is 11.2 Å². The standard InChI is InChI=1S/C9H7N3O2/c13-8-3-6-12(9(14)11-8)7-1-4-10-5-2-7/h1-6H,(H,11,13,14). The lowest BCUT2D eigenvalue weighted by Crippen LogP contribution is -2.27. The van der Waals surface area contributed by atoms with Crippen LogP contribution >= 0.6 is 0 Å². The first-order valence-electron chi connectivity index (χ1n) is 4.00. The van der Waals surface area contributed by atoms with Crippen LogP contribution in [0, 0.1) is 0 Å². The first-order chi connectivity index (χ1) is 6.77. The van der Waals surface area contributed by atoms with Gasteiger partial charge in [0.25, 0.3) is 5.56 Å². The minimum atomic E-state index is -0.455. The second-order valence-corrected chi connectivity index (χ2v) is 2.69. The van der Waals surface area contributed by atoms with Gasteiger partial charge in [-0.15, -0.1) is 0 Å². The van der Waals surface area contributed by atoms with E-state index >= 15 is 0 Å². The van der Waals surface area contributed by atoms with Crippen molar-refractivity contribution in [2.24, 2.45) is 0 Å². The van der Waals surface area contributed by atoms with Gasteiger partial charge in [0.05, 0.1) is 5.69 Å². The molecule has 5 nitrogen and oxygen atoms in total. The fraction of sp³-hybridized carbons (Fsp3) is 0. The molecule has 0 aliphatic carbocycles. The van der Waals surface area contributed by atoms with E-state index in [1.54, 1.807) is 24.5 Å². The van der Waals surface area contributed by atoms with Crippen molar-refractivity contribution in [3.8, 4) is 5.69 Å². The summed E-state index contributed by atoms with van der Waals surface area (Å²) in [6.45, 7) is 0. The smallest absolute Gasteiger partial charge is 0.274 e. The zero-order valence-corrected chi connectivity index (χ0v) is 7.18. The summed E-state index contributed by atoms with van der Waals surface area (Å²) in [7, 11) is 0. The van der Waals surface area contributed by atoms with Crippen LogP contribution in [0.4, 0.5) is 0 Å². The highest BCUT2D eigenvalue weighted by Gasteiger charge is 1.97. The van der Waals surface area contributed by atoms with Gasteiger partial charge in [-0.3, -0.25) is 19.3 Å². The van der Waals surface area contributed by atoms with Gasteiger partial charge >= 0.3 is 5.69 Å². The van der Waals surface area contributed by atoms with Gasteiger partial charge in [-0.1, -0.05) is 0 Å². The molecule has 1 N–H and O–H groups in total. The van der Waals surface area contributed by atoms with Crippen LogP contribution in [0.2, 0.25) is 0 Å². The van der Waals surface area contributed by atoms with Gasteiger partial charge in [0.15, 0.2) is 0 Å². The topological polar surface area (TPSA) is 67.8 Å². The van der Waals surface area contributed by atoms with E-state index < -0.39 is 11.2 Å². The summed E-state index contributed by atoms with van der Waals surface area (Å²) < 4.78 is 1.34. The highest BCUT2D eigenvalue weighted by Crippen LogP contribution is 1.99. The van der Waals surface area contributed by atoms with Gasteiger partial charge in [0.1, 0.15) is 0 Å². The number of pyridine rings is 1. The number of hydrogen-bond acceptors (Lipinski definition) is 3. The van der Waals surface area contributed by atoms with E-state index in [-0.39, 0.29) is 0 Å². The molecule has 0 spiro atoms. The third-order valence-corrected chi connectivity index (χ3v) is 1.76. The van der Waals surface area contributed by atoms with Crippen molar-refractivity contribution in [1.29, 1.82) is 0 Å². The molecule has 0 amide bonds. The summed E-state index contributed by atoms with van der Waals surface area (Å²) in [6, 6.07) is 4.65. The highest BCUT2D eigenvalue weighted by atomic mass is 16.2. The Balaban J connectivity index is 2.64. The molecule has 0 saturated heterocycles. The number of H-pyrrole nitrogens is 1. The van der Waals surface area contributed by atoms with E-state index in [4.69, 9.17) is 0 Å². The van der Waals surface area contributed by atoms with Crippen molar-refractivity contribution in [2.45, 2.75) is 0 Å². The molecule has 0 fully saturated rings. The summed E-state index contributed by atoms with van der Waals surface area (Å²) in [6.07, 6.45) is 4.58. The lowest BCUT2D eigenvalue weighted by Gasteiger charge is -2.01. The molecule has 14 heavy (non-hydrogen) atoms. The zero-order chi connectivity index (χ0) is 9.97. The van der Waals surface area contributed by atoms with E-state index in [0.717, 1.165) is 0 Å². The molecule has 0 atom stereocenters. The summed E-state index contributed by atoms with van der Waals surface area (Å²) >= 11 is 0. The molecule has 2 heterocycles. The van der Waals surface area contributed by atoms with Crippen LogP contribution in [0.5, 0.6) is 0 Å². The largest absolute Gasteiger partial charge is 0.332 e. The maximum absolute atomic E-state index is 11.3. The van der Waals surface area contributed by atoms with Crippen molar-refractivity contribution in [3.63, 3.8) is 0 Å². The molecule has 0 aliphatic rings. The first-order valence-corrected chi connectivity index (χ1v) is 4.00. The molecule has 0 unspecified atom stereocenters. The molecule has 2 rings (SSSR count). The Kier molecular flexibility index (Phi) is 1.98. The number of nitrogens with zero attached hydrogens (tertiary/aromatic N) is 2. The normalized spacial score (nSPS) is 10.0. The maximum atomic E-state index is 11.3. The Morgan fingerprint density at radius 1 is 1.14 bits per heavy atom. The fourth-order valence-electron chi connectivity index (χ4n) is 1.13. The Bertz CT molecular complexity index is 542. The summed E-state index contributed by atoms with van der Waals surface area (Å²) in [5.41, 5.74) is -0.190. The average molecular weight is 189 g/mol. The van der Waals surface area contributed by atoms with E-state index in [1.807, 2.05) is 0 Å². The van der Waals surface area contributed by atoms with Gasteiger partial charge in [-0.05, 0) is 12.1 Å². The van der Waals surface area contributed by atoms with Crippen molar-refractivity contribution < 1.29 is 0 Å². The van der Waals surface area contributed by atoms with Gasteiger partial charge in [-0.2, -0.15) is 0 Å². The third-order valence-electron chi connectivity index (χ3n) is 1.76. The van der Waals surface area contributed by atoms with Gasteiger partial charge in [0, 0.05) is 24.7 Å².